The lowest BCUT2D eigenvalue weighted by atomic mass is 9.76. The topological polar surface area (TPSA) is 19.7 Å². The molecular formula is C79H48N4. The van der Waals surface area contributed by atoms with Crippen LogP contribution in [0.1, 0.15) is 22.6 Å². The summed E-state index contributed by atoms with van der Waals surface area (Å²) in [6.45, 7) is 0. The van der Waals surface area contributed by atoms with Crippen molar-refractivity contribution < 1.29 is 0 Å². The molecule has 0 saturated heterocycles. The Kier molecular flexibility index (Phi) is 9.08. The molecule has 13 aromatic carbocycles. The summed E-state index contributed by atoms with van der Waals surface area (Å²) < 4.78 is 10.3. The molecule has 83 heavy (non-hydrogen) atoms. The van der Waals surface area contributed by atoms with Crippen LogP contribution in [0.3, 0.4) is 0 Å². The fraction of sp³-hybridized carbons (Fsp3) is 0.0127. The molecule has 0 aliphatic carbocycles. The molecule has 0 N–H and O–H groups in total. The van der Waals surface area contributed by atoms with E-state index >= 15 is 0 Å². The Bertz CT molecular complexity index is 5550. The molecule has 2 aliphatic heterocycles. The molecule has 0 amide bonds. The third-order valence-corrected chi connectivity index (χ3v) is 18.5. The average molecular weight is 1050 g/mol. The van der Waals surface area contributed by atoms with Gasteiger partial charge in [0.25, 0.3) is 0 Å². The summed E-state index contributed by atoms with van der Waals surface area (Å²) in [7, 11) is 0. The second-order valence-electron chi connectivity index (χ2n) is 22.7. The molecule has 0 saturated carbocycles. The van der Waals surface area contributed by atoms with Crippen LogP contribution in [0.4, 0.5) is 0 Å². The SMILES string of the molecule is c1ccc(-c2ccc3c(c2)c2cc(-c4ccccc4)c(-n4c5ccccc5c5ccccc54)cc2n3-c2ccc3c(c2)C2c4cccc5c6ccccc6n(c45)-c4c(-c5ccccc5)cc5c6cc(-c7ccccc7)ccc6n-3c5c42)cc1. The van der Waals surface area contributed by atoms with Gasteiger partial charge in [0.15, 0.2) is 0 Å². The Balaban J connectivity index is 0.956. The van der Waals surface area contributed by atoms with Gasteiger partial charge in [0.2, 0.25) is 0 Å². The van der Waals surface area contributed by atoms with Crippen molar-refractivity contribution in [2.75, 3.05) is 0 Å². The first-order valence-corrected chi connectivity index (χ1v) is 28.9. The molecule has 1 unspecified atom stereocenters. The van der Waals surface area contributed by atoms with Crippen LogP contribution in [0.25, 0.3) is 154 Å². The number of aromatic nitrogens is 4. The van der Waals surface area contributed by atoms with E-state index in [2.05, 4.69) is 303 Å². The van der Waals surface area contributed by atoms with Crippen LogP contribution in [0.2, 0.25) is 0 Å². The molecule has 1 atom stereocenters. The highest BCUT2D eigenvalue weighted by molar-refractivity contribution is 6.20. The smallest absolute Gasteiger partial charge is 0.0604 e. The molecule has 4 nitrogen and oxygen atoms in total. The van der Waals surface area contributed by atoms with Crippen molar-refractivity contribution in [2.24, 2.45) is 0 Å². The summed E-state index contributed by atoms with van der Waals surface area (Å²) >= 11 is 0. The van der Waals surface area contributed by atoms with Crippen molar-refractivity contribution in [1.82, 2.24) is 18.3 Å². The van der Waals surface area contributed by atoms with E-state index in [4.69, 9.17) is 0 Å². The van der Waals surface area contributed by atoms with Gasteiger partial charge in [-0.1, -0.05) is 206 Å². The lowest BCUT2D eigenvalue weighted by Gasteiger charge is -2.36. The molecule has 2 aliphatic rings. The van der Waals surface area contributed by atoms with Gasteiger partial charge in [-0.05, 0) is 123 Å². The molecule has 4 aromatic heterocycles. The van der Waals surface area contributed by atoms with Crippen molar-refractivity contribution in [3.63, 3.8) is 0 Å². The summed E-state index contributed by atoms with van der Waals surface area (Å²) in [4.78, 5) is 0. The molecule has 17 aromatic rings. The van der Waals surface area contributed by atoms with Gasteiger partial charge in [0.1, 0.15) is 0 Å². The normalized spacial score (nSPS) is 13.4. The quantitative estimate of drug-likeness (QED) is 0.158. The van der Waals surface area contributed by atoms with Crippen molar-refractivity contribution in [1.29, 1.82) is 0 Å². The fourth-order valence-electron chi connectivity index (χ4n) is 15.1. The van der Waals surface area contributed by atoms with Gasteiger partial charge in [0, 0.05) is 71.4 Å². The molecule has 0 radical (unpaired) electrons. The molecule has 19 rings (SSSR count). The molecule has 0 fully saturated rings. The zero-order valence-corrected chi connectivity index (χ0v) is 45.0. The predicted octanol–water partition coefficient (Wildman–Crippen LogP) is 20.6. The van der Waals surface area contributed by atoms with Crippen LogP contribution >= 0.6 is 0 Å². The van der Waals surface area contributed by atoms with E-state index in [1.807, 2.05) is 0 Å². The van der Waals surface area contributed by atoms with Gasteiger partial charge in [0.05, 0.1) is 61.2 Å². The maximum absolute atomic E-state index is 2.62. The third kappa shape index (κ3) is 6.13. The fourth-order valence-corrected chi connectivity index (χ4v) is 15.1. The van der Waals surface area contributed by atoms with Crippen LogP contribution in [-0.2, 0) is 0 Å². The Morgan fingerprint density at radius 3 is 1.34 bits per heavy atom. The van der Waals surface area contributed by atoms with Gasteiger partial charge in [-0.25, -0.2) is 0 Å². The van der Waals surface area contributed by atoms with Crippen LogP contribution < -0.4 is 0 Å². The lowest BCUT2D eigenvalue weighted by Crippen LogP contribution is -2.22. The molecule has 4 heteroatoms. The van der Waals surface area contributed by atoms with Gasteiger partial charge in [-0.15, -0.1) is 0 Å². The number of hydrogen-bond donors (Lipinski definition) is 0. The summed E-state index contributed by atoms with van der Waals surface area (Å²) in [5.41, 5.74) is 28.0. The van der Waals surface area contributed by atoms with Crippen LogP contribution in [0.5, 0.6) is 0 Å². The van der Waals surface area contributed by atoms with E-state index in [1.54, 1.807) is 0 Å². The van der Waals surface area contributed by atoms with Crippen LogP contribution in [0.15, 0.2) is 285 Å². The number of fused-ring (bicyclic) bond motifs is 17. The van der Waals surface area contributed by atoms with Gasteiger partial charge >= 0.3 is 0 Å². The first-order chi connectivity index (χ1) is 41.2. The second-order valence-corrected chi connectivity index (χ2v) is 22.7. The zero-order chi connectivity index (χ0) is 54.0. The van der Waals surface area contributed by atoms with E-state index in [1.165, 1.54) is 149 Å². The van der Waals surface area contributed by atoms with Gasteiger partial charge in [-0.2, -0.15) is 0 Å². The Morgan fingerprint density at radius 1 is 0.229 bits per heavy atom. The Labute approximate surface area is 477 Å². The number of para-hydroxylation sites is 4. The standard InChI is InChI=1S/C79H48N4/c1-5-20-48(21-6-1)52-36-39-70-62(42-52)64-45-60(50-24-9-3-10-25-50)73(81-67-33-16-13-28-55(67)56-29-14-17-34-68(56)81)47-74(64)80(70)54-38-41-72-66(44-54)75-59-32-19-31-58-57-30-15-18-35-69(57)83(77(58)59)78-61(51-26-11-4-12-27-51)46-65-63-43-53(49-22-7-2-8-23-49)37-40-71(63)82(72)79(65)76(75)78/h1-47,75H. The van der Waals surface area contributed by atoms with E-state index in [9.17, 15) is 0 Å². The maximum Gasteiger partial charge on any atom is 0.0604 e. The van der Waals surface area contributed by atoms with Crippen LogP contribution in [-0.4, -0.2) is 18.3 Å². The first-order valence-electron chi connectivity index (χ1n) is 28.9. The number of benzene rings is 13. The van der Waals surface area contributed by atoms with E-state index in [0.29, 0.717) is 0 Å². The van der Waals surface area contributed by atoms with E-state index in [0.717, 1.165) is 22.4 Å². The van der Waals surface area contributed by atoms with E-state index < -0.39 is 0 Å². The highest BCUT2D eigenvalue weighted by atomic mass is 15.1. The summed E-state index contributed by atoms with van der Waals surface area (Å²) in [5.74, 6) is -0.0901. The minimum Gasteiger partial charge on any atom is -0.309 e. The third-order valence-electron chi connectivity index (χ3n) is 18.5. The number of rotatable bonds is 6. The van der Waals surface area contributed by atoms with Gasteiger partial charge in [-0.3, -0.25) is 0 Å². The summed E-state index contributed by atoms with van der Waals surface area (Å²) in [5, 5.41) is 9.97. The minimum absolute atomic E-state index is 0.0901. The van der Waals surface area contributed by atoms with Crippen LogP contribution in [0, 0.1) is 0 Å². The Hall–Kier alpha value is -10.9. The number of nitrogens with zero attached hydrogens (tertiary/aromatic N) is 4. The average Bonchev–Trinajstić information content (AvgIpc) is 3.24. The van der Waals surface area contributed by atoms with E-state index in [-0.39, 0.29) is 5.92 Å². The molecule has 6 heterocycles. The van der Waals surface area contributed by atoms with Crippen molar-refractivity contribution in [2.45, 2.75) is 5.92 Å². The van der Waals surface area contributed by atoms with Crippen molar-refractivity contribution in [3.8, 4) is 67.3 Å². The zero-order valence-electron chi connectivity index (χ0n) is 45.0. The molecule has 384 valence electrons. The summed E-state index contributed by atoms with van der Waals surface area (Å²) in [6, 6.07) is 107. The summed E-state index contributed by atoms with van der Waals surface area (Å²) in [6.07, 6.45) is 0. The van der Waals surface area contributed by atoms with Crippen molar-refractivity contribution in [3.05, 3.63) is 302 Å². The molecular weight excluding hydrogens is 1000 g/mol. The maximum atomic E-state index is 2.62. The highest BCUT2D eigenvalue weighted by Crippen LogP contribution is 2.58. The lowest BCUT2D eigenvalue weighted by molar-refractivity contribution is 0.886. The Morgan fingerprint density at radius 2 is 0.711 bits per heavy atom. The number of hydrogen-bond acceptors (Lipinski definition) is 0. The van der Waals surface area contributed by atoms with Gasteiger partial charge < -0.3 is 18.3 Å². The first kappa shape index (κ1) is 44.9. The monoisotopic (exact) mass is 1050 g/mol. The minimum atomic E-state index is -0.0901. The highest BCUT2D eigenvalue weighted by Gasteiger charge is 2.40. The molecule has 0 bridgehead atoms. The largest absolute Gasteiger partial charge is 0.309 e. The second kappa shape index (κ2) is 16.8. The predicted molar refractivity (Wildman–Crippen MR) is 346 cm³/mol. The van der Waals surface area contributed by atoms with Crippen molar-refractivity contribution >= 4 is 87.2 Å². The molecule has 0 spiro atoms.